The highest BCUT2D eigenvalue weighted by Crippen LogP contribution is 2.46. The zero-order valence-electron chi connectivity index (χ0n) is 20.4. The molecule has 2 amide bonds. The number of pyridine rings is 1. The number of aromatic nitrogens is 1. The van der Waals surface area contributed by atoms with Gasteiger partial charge in [0.1, 0.15) is 11.4 Å². The Kier molecular flexibility index (Phi) is 5.45. The molecule has 35 heavy (non-hydrogen) atoms. The average Bonchev–Trinajstić information content (AvgIpc) is 3.37. The third-order valence-corrected chi connectivity index (χ3v) is 8.66. The standard InChI is InChI=1S/C28H30N2O4S/c1-16-22-20(23-19-11-7-8-12-21(19)35-25(23)29-16)14-28(2,3)34-24(22)26(31)30-18(15-33-27(30)32)13-17-9-5-4-6-10-17/h4-6,9-10,18,24H,7-8,11-15H2,1-3H3/t18-,24+/m1/s1. The van der Waals surface area contributed by atoms with E-state index < -0.39 is 17.8 Å². The molecule has 3 aromatic rings. The number of rotatable bonds is 3. The molecule has 2 atom stereocenters. The van der Waals surface area contributed by atoms with E-state index in [4.69, 9.17) is 14.5 Å². The summed E-state index contributed by atoms with van der Waals surface area (Å²) in [5.41, 5.74) is 4.75. The lowest BCUT2D eigenvalue weighted by Crippen LogP contribution is -2.47. The molecule has 0 unspecified atom stereocenters. The summed E-state index contributed by atoms with van der Waals surface area (Å²) in [4.78, 5) is 35.6. The van der Waals surface area contributed by atoms with Gasteiger partial charge in [0.25, 0.3) is 5.91 Å². The Morgan fingerprint density at radius 2 is 1.94 bits per heavy atom. The van der Waals surface area contributed by atoms with Crippen molar-refractivity contribution in [2.24, 2.45) is 0 Å². The number of imide groups is 1. The fourth-order valence-electron chi connectivity index (χ4n) is 5.95. The van der Waals surface area contributed by atoms with Crippen molar-refractivity contribution in [3.8, 4) is 0 Å². The first-order valence-corrected chi connectivity index (χ1v) is 13.3. The predicted molar refractivity (Wildman–Crippen MR) is 135 cm³/mol. The van der Waals surface area contributed by atoms with Crippen molar-refractivity contribution < 1.29 is 19.1 Å². The molecular weight excluding hydrogens is 460 g/mol. The van der Waals surface area contributed by atoms with E-state index in [-0.39, 0.29) is 18.6 Å². The lowest BCUT2D eigenvalue weighted by atomic mass is 9.83. The van der Waals surface area contributed by atoms with Gasteiger partial charge in [-0.15, -0.1) is 11.3 Å². The molecule has 2 aromatic heterocycles. The smallest absolute Gasteiger partial charge is 0.417 e. The monoisotopic (exact) mass is 490 g/mol. The van der Waals surface area contributed by atoms with Crippen molar-refractivity contribution in [2.75, 3.05) is 6.61 Å². The van der Waals surface area contributed by atoms with E-state index in [1.807, 2.05) is 51.1 Å². The Balaban J connectivity index is 1.44. The first-order valence-electron chi connectivity index (χ1n) is 12.5. The maximum Gasteiger partial charge on any atom is 0.417 e. The van der Waals surface area contributed by atoms with Gasteiger partial charge >= 0.3 is 6.09 Å². The van der Waals surface area contributed by atoms with Crippen molar-refractivity contribution in [3.05, 3.63) is 63.2 Å². The quantitative estimate of drug-likeness (QED) is 0.487. The Bertz CT molecular complexity index is 1330. The van der Waals surface area contributed by atoms with Crippen molar-refractivity contribution in [2.45, 2.75) is 77.0 Å². The van der Waals surface area contributed by atoms with E-state index in [0.29, 0.717) is 12.8 Å². The Morgan fingerprint density at radius 3 is 2.74 bits per heavy atom. The van der Waals surface area contributed by atoms with E-state index in [0.717, 1.165) is 34.5 Å². The molecule has 0 radical (unpaired) electrons. The lowest BCUT2D eigenvalue weighted by molar-refractivity contribution is -0.156. The molecule has 0 N–H and O–H groups in total. The number of nitrogens with zero attached hydrogens (tertiary/aromatic N) is 2. The van der Waals surface area contributed by atoms with Gasteiger partial charge in [0, 0.05) is 27.9 Å². The Morgan fingerprint density at radius 1 is 1.17 bits per heavy atom. The van der Waals surface area contributed by atoms with Gasteiger partial charge in [-0.1, -0.05) is 30.3 Å². The third-order valence-electron chi connectivity index (χ3n) is 7.48. The predicted octanol–water partition coefficient (Wildman–Crippen LogP) is 5.47. The SMILES string of the molecule is Cc1nc2sc3c(c2c2c1[C@@H](C(=O)N1C(=O)OC[C@H]1Cc1ccccc1)OC(C)(C)C2)CCCC3. The summed E-state index contributed by atoms with van der Waals surface area (Å²) in [6.45, 7) is 6.21. The number of thiophene rings is 1. The number of amides is 2. The van der Waals surface area contributed by atoms with Crippen molar-refractivity contribution >= 4 is 33.6 Å². The normalized spacial score (nSPS) is 23.2. The fourth-order valence-corrected chi connectivity index (χ4v) is 7.29. The largest absolute Gasteiger partial charge is 0.447 e. The lowest BCUT2D eigenvalue weighted by Gasteiger charge is -2.39. The first-order chi connectivity index (χ1) is 16.8. The van der Waals surface area contributed by atoms with Crippen molar-refractivity contribution in [1.29, 1.82) is 0 Å². The summed E-state index contributed by atoms with van der Waals surface area (Å²) in [6.07, 6.45) is 4.36. The molecule has 182 valence electrons. The van der Waals surface area contributed by atoms with Crippen LogP contribution in [0.3, 0.4) is 0 Å². The minimum absolute atomic E-state index is 0.191. The van der Waals surface area contributed by atoms with Crippen LogP contribution < -0.4 is 0 Å². The van der Waals surface area contributed by atoms with Gasteiger partial charge in [0.2, 0.25) is 0 Å². The summed E-state index contributed by atoms with van der Waals surface area (Å²) in [7, 11) is 0. The second kappa shape index (κ2) is 8.42. The fraction of sp³-hybridized carbons (Fsp3) is 0.464. The van der Waals surface area contributed by atoms with E-state index in [1.165, 1.54) is 39.1 Å². The zero-order chi connectivity index (χ0) is 24.3. The Hall–Kier alpha value is -2.77. The van der Waals surface area contributed by atoms with Crippen LogP contribution in [0.2, 0.25) is 0 Å². The van der Waals surface area contributed by atoms with Gasteiger partial charge in [0.05, 0.1) is 11.6 Å². The zero-order valence-corrected chi connectivity index (χ0v) is 21.2. The van der Waals surface area contributed by atoms with E-state index in [9.17, 15) is 9.59 Å². The molecule has 1 aromatic carbocycles. The summed E-state index contributed by atoms with van der Waals surface area (Å²) in [6, 6.07) is 9.53. The van der Waals surface area contributed by atoms with Crippen LogP contribution in [-0.2, 0) is 40.0 Å². The van der Waals surface area contributed by atoms with Gasteiger partial charge in [0.15, 0.2) is 6.10 Å². The van der Waals surface area contributed by atoms with Gasteiger partial charge in [-0.25, -0.2) is 14.7 Å². The van der Waals surface area contributed by atoms with Crippen LogP contribution in [0.4, 0.5) is 4.79 Å². The molecule has 6 rings (SSSR count). The molecule has 1 fully saturated rings. The van der Waals surface area contributed by atoms with E-state index in [1.54, 1.807) is 11.3 Å². The van der Waals surface area contributed by atoms with Crippen LogP contribution >= 0.6 is 11.3 Å². The molecule has 4 heterocycles. The van der Waals surface area contributed by atoms with Crippen LogP contribution in [0.5, 0.6) is 0 Å². The molecular formula is C28H30N2O4S. The van der Waals surface area contributed by atoms with Crippen molar-refractivity contribution in [3.63, 3.8) is 0 Å². The molecule has 3 aliphatic rings. The summed E-state index contributed by atoms with van der Waals surface area (Å²) in [5, 5.41) is 1.23. The molecule has 7 heteroatoms. The third kappa shape index (κ3) is 3.85. The average molecular weight is 491 g/mol. The molecule has 6 nitrogen and oxygen atoms in total. The number of cyclic esters (lactones) is 1. The molecule has 0 spiro atoms. The van der Waals surface area contributed by atoms with Crippen molar-refractivity contribution in [1.82, 2.24) is 9.88 Å². The number of benzene rings is 1. The summed E-state index contributed by atoms with van der Waals surface area (Å²) in [5.74, 6) is -0.351. The molecule has 1 saturated heterocycles. The maximum atomic E-state index is 14.1. The van der Waals surface area contributed by atoms with Gasteiger partial charge < -0.3 is 9.47 Å². The number of carbonyl (C=O) groups excluding carboxylic acids is 2. The molecule has 2 aliphatic heterocycles. The molecule has 0 saturated carbocycles. The minimum Gasteiger partial charge on any atom is -0.447 e. The van der Waals surface area contributed by atoms with E-state index >= 15 is 0 Å². The number of ether oxygens (including phenoxy) is 2. The summed E-state index contributed by atoms with van der Waals surface area (Å²) >= 11 is 1.80. The first kappa shape index (κ1) is 22.7. The second-order valence-electron chi connectivity index (χ2n) is 10.5. The Labute approximate surface area is 209 Å². The number of aryl methyl sites for hydroxylation is 3. The van der Waals surface area contributed by atoms with Crippen LogP contribution in [0.1, 0.15) is 65.6 Å². The topological polar surface area (TPSA) is 68.7 Å². The number of hydrogen-bond donors (Lipinski definition) is 0. The van der Waals surface area contributed by atoms with Crippen LogP contribution in [0.25, 0.3) is 10.2 Å². The molecule has 1 aliphatic carbocycles. The van der Waals surface area contributed by atoms with Crippen LogP contribution in [-0.4, -0.2) is 40.1 Å². The summed E-state index contributed by atoms with van der Waals surface area (Å²) < 4.78 is 11.8. The number of fused-ring (bicyclic) bond motifs is 5. The highest BCUT2D eigenvalue weighted by Gasteiger charge is 2.47. The van der Waals surface area contributed by atoms with Crippen LogP contribution in [0.15, 0.2) is 30.3 Å². The highest BCUT2D eigenvalue weighted by atomic mass is 32.1. The minimum atomic E-state index is -0.881. The van der Waals surface area contributed by atoms with Gasteiger partial charge in [-0.3, -0.25) is 4.79 Å². The van der Waals surface area contributed by atoms with E-state index in [2.05, 4.69) is 0 Å². The van der Waals surface area contributed by atoms with Crippen LogP contribution in [0, 0.1) is 6.92 Å². The second-order valence-corrected chi connectivity index (χ2v) is 11.6. The molecule has 0 bridgehead atoms. The van der Waals surface area contributed by atoms with Gasteiger partial charge in [-0.2, -0.15) is 0 Å². The number of carbonyl (C=O) groups is 2. The maximum absolute atomic E-state index is 14.1. The number of hydrogen-bond acceptors (Lipinski definition) is 6. The van der Waals surface area contributed by atoms with Gasteiger partial charge in [-0.05, 0) is 69.6 Å². The highest BCUT2D eigenvalue weighted by molar-refractivity contribution is 7.18.